The Morgan fingerprint density at radius 1 is 0.216 bits per heavy atom. The number of fused-ring (bicyclic) bond motifs is 12. The number of hydrogen-bond donors (Lipinski definition) is 0. The Labute approximate surface area is 867 Å². The number of unbranched alkanes of at least 4 members (excludes halogenated alkanes) is 8. The third-order valence-corrected chi connectivity index (χ3v) is 30.6. The summed E-state index contributed by atoms with van der Waals surface area (Å²) in [5.74, 6) is 3.57. The van der Waals surface area contributed by atoms with Crippen LogP contribution in [0.2, 0.25) is 0 Å². The zero-order valence-electron chi connectivity index (χ0n) is 86.2. The number of hydrogen-bond acceptors (Lipinski definition) is 18. The molecule has 0 saturated carbocycles. The lowest BCUT2D eigenvalue weighted by atomic mass is 9.84. The fourth-order valence-electron chi connectivity index (χ4n) is 20.9. The van der Waals surface area contributed by atoms with Crippen LogP contribution in [0.1, 0.15) is 153 Å². The highest BCUT2D eigenvalue weighted by Gasteiger charge is 2.40. The first-order chi connectivity index (χ1) is 73.0. The SMILES string of the molecule is CCC1(COCCCCCOCc2ccc3c(c2)c2cc4c(cc2n3-c2ccccc2)c2cc(COCCCCCOCC3(CC)COC3)ccc2n4-c2nc(-c3ccccc3)nc(-c3ccccc3)n2)COC1.CCC1(COCCCCCOCc2ccc3c(c2)c2cc4c5cc(COCCCCCOCC6(CC)COC6)ccc5n(-c5nc(-c6ccccc6)nc(-c6ccccc6)n5)c4cc2n3-c2ccccc2)COC1. The molecule has 22 heteroatoms. The van der Waals surface area contributed by atoms with Gasteiger partial charge in [-0.25, -0.2) is 9.97 Å². The average Bonchev–Trinajstić information content (AvgIpc) is 1.55. The van der Waals surface area contributed by atoms with Crippen LogP contribution in [0.25, 0.3) is 156 Å². The van der Waals surface area contributed by atoms with Crippen LogP contribution >= 0.6 is 0 Å². The lowest BCUT2D eigenvalue weighted by molar-refractivity contribution is -0.150. The summed E-state index contributed by atoms with van der Waals surface area (Å²) < 4.78 is 80.7. The van der Waals surface area contributed by atoms with Crippen LogP contribution in [-0.4, -0.2) is 180 Å². The van der Waals surface area contributed by atoms with Crippen molar-refractivity contribution in [2.45, 2.75) is 157 Å². The molecule has 18 aromatic rings. The fraction of sp³-hybridized carbons (Fsp3) is 0.381. The van der Waals surface area contributed by atoms with Crippen LogP contribution in [0.5, 0.6) is 0 Å². The molecule has 0 unspecified atom stereocenters. The molecule has 0 amide bonds. The molecular formula is C126H138N10O12. The number of nitrogens with zero attached hydrogens (tertiary/aromatic N) is 10. The topological polar surface area (TPSA) is 208 Å². The molecule has 0 aliphatic carbocycles. The maximum absolute atomic E-state index is 6.37. The van der Waals surface area contributed by atoms with Gasteiger partial charge in [-0.05, 0) is 222 Å². The van der Waals surface area contributed by atoms with E-state index in [9.17, 15) is 0 Å². The summed E-state index contributed by atoms with van der Waals surface area (Å²) in [4.78, 5) is 31.2. The van der Waals surface area contributed by atoms with Gasteiger partial charge in [0.15, 0.2) is 23.3 Å². The molecule has 764 valence electrons. The summed E-state index contributed by atoms with van der Waals surface area (Å²) in [6.45, 7) is 26.7. The summed E-state index contributed by atoms with van der Waals surface area (Å²) in [5.41, 5.74) is 19.8. The monoisotopic (exact) mass is 1980 g/mol. The number of para-hydroxylation sites is 2. The lowest BCUT2D eigenvalue weighted by Crippen LogP contribution is -2.45. The standard InChI is InChI=1S/2C63H69N5O6/c1-3-62(42-73-43-62)40-71-32-18-8-16-30-69-38-46-26-28-55-51(34-46)53-37-58-54(36-57(53)67(55)50-24-14-7-15-25-50)52-35-47(39-70-31-17-9-19-33-72-41-63(4-2)44-74-45-63)27-29-56(52)68(58)61-65-59(48-20-10-5-11-21-48)64-60(66-61)49-22-12-6-13-23-49;1-3-62(42-73-43-62)40-71-32-18-8-16-30-69-38-46-26-28-55-51(34-46)53-36-54-52-35-47(39-70-31-17-9-19-33-72-41-63(4-2)44-74-45-63)27-29-56(52)68(58(54)37-57(53)67(55)50-24-14-7-15-25-50)61-65-59(48-20-10-5-11-21-48)64-60(66-61)49-22-12-6-13-23-49/h2*5-7,10-15,20-29,34-37H,3-4,8-9,16-19,30-33,38-45H2,1-2H3. The van der Waals surface area contributed by atoms with Crippen molar-refractivity contribution >= 4 is 87.2 Å². The van der Waals surface area contributed by atoms with E-state index in [2.05, 4.69) is 252 Å². The van der Waals surface area contributed by atoms with Gasteiger partial charge in [0, 0.05) is 151 Å². The van der Waals surface area contributed by atoms with Crippen LogP contribution in [0.3, 0.4) is 0 Å². The maximum Gasteiger partial charge on any atom is 0.238 e. The molecule has 22 nitrogen and oxygen atoms in total. The van der Waals surface area contributed by atoms with Crippen molar-refractivity contribution in [1.29, 1.82) is 0 Å². The molecule has 4 aliphatic rings. The van der Waals surface area contributed by atoms with Crippen molar-refractivity contribution in [2.24, 2.45) is 21.7 Å². The van der Waals surface area contributed by atoms with Gasteiger partial charge < -0.3 is 66.0 Å². The number of rotatable bonds is 52. The summed E-state index contributed by atoms with van der Waals surface area (Å²) in [5, 5.41) is 9.06. The molecule has 12 aromatic carbocycles. The van der Waals surface area contributed by atoms with Crippen molar-refractivity contribution < 1.29 is 56.8 Å². The minimum absolute atomic E-state index is 0.227. The van der Waals surface area contributed by atoms with Crippen molar-refractivity contribution in [3.05, 3.63) is 301 Å². The quantitative estimate of drug-likeness (QED) is 0.0325. The van der Waals surface area contributed by atoms with Crippen LogP contribution in [0.15, 0.2) is 279 Å². The van der Waals surface area contributed by atoms with Crippen LogP contribution in [0, 0.1) is 21.7 Å². The lowest BCUT2D eigenvalue weighted by Gasteiger charge is -2.40. The molecule has 4 fully saturated rings. The van der Waals surface area contributed by atoms with Crippen LogP contribution in [0.4, 0.5) is 0 Å². The zero-order chi connectivity index (χ0) is 100. The van der Waals surface area contributed by atoms with Crippen molar-refractivity contribution in [1.82, 2.24) is 48.2 Å². The van der Waals surface area contributed by atoms with E-state index in [1.807, 2.05) is 72.8 Å². The van der Waals surface area contributed by atoms with Crippen LogP contribution < -0.4 is 0 Å². The summed E-state index contributed by atoms with van der Waals surface area (Å²) >= 11 is 0. The van der Waals surface area contributed by atoms with E-state index in [1.54, 1.807) is 0 Å². The first-order valence-corrected chi connectivity index (χ1v) is 53.9. The molecule has 10 heterocycles. The Morgan fingerprint density at radius 3 is 0.696 bits per heavy atom. The van der Waals surface area contributed by atoms with Gasteiger partial charge in [-0.2, -0.15) is 19.9 Å². The minimum Gasteiger partial charge on any atom is -0.381 e. The van der Waals surface area contributed by atoms with Crippen molar-refractivity contribution in [2.75, 3.05) is 132 Å². The van der Waals surface area contributed by atoms with E-state index in [0.717, 1.165) is 346 Å². The molecule has 4 saturated heterocycles. The van der Waals surface area contributed by atoms with Gasteiger partial charge in [-0.3, -0.25) is 9.13 Å². The second kappa shape index (κ2) is 47.9. The Morgan fingerprint density at radius 2 is 0.439 bits per heavy atom. The summed E-state index contributed by atoms with van der Waals surface area (Å²) in [6.07, 6.45) is 16.8. The van der Waals surface area contributed by atoms with Gasteiger partial charge in [-0.1, -0.05) is 210 Å². The van der Waals surface area contributed by atoms with E-state index in [-0.39, 0.29) is 21.7 Å². The van der Waals surface area contributed by atoms with Gasteiger partial charge in [0.2, 0.25) is 11.9 Å². The molecule has 6 aromatic heterocycles. The normalized spacial score (nSPS) is 15.1. The third kappa shape index (κ3) is 22.9. The first kappa shape index (κ1) is 101. The average molecular weight is 1980 g/mol. The predicted octanol–water partition coefficient (Wildman–Crippen LogP) is 27.3. The smallest absolute Gasteiger partial charge is 0.238 e. The van der Waals surface area contributed by atoms with Gasteiger partial charge in [-0.15, -0.1) is 0 Å². The molecule has 4 aliphatic heterocycles. The molecule has 0 bridgehead atoms. The summed E-state index contributed by atoms with van der Waals surface area (Å²) in [7, 11) is 0. The van der Waals surface area contributed by atoms with E-state index < -0.39 is 0 Å². The maximum atomic E-state index is 6.37. The van der Waals surface area contributed by atoms with Crippen molar-refractivity contribution in [3.8, 4) is 68.8 Å². The van der Waals surface area contributed by atoms with Gasteiger partial charge in [0.25, 0.3) is 0 Å². The highest BCUT2D eigenvalue weighted by atomic mass is 16.5. The Balaban J connectivity index is 0.000000173. The molecule has 148 heavy (non-hydrogen) atoms. The molecule has 0 spiro atoms. The predicted molar refractivity (Wildman–Crippen MR) is 590 cm³/mol. The van der Waals surface area contributed by atoms with E-state index in [0.29, 0.717) is 88.0 Å². The highest BCUT2D eigenvalue weighted by Crippen LogP contribution is 2.45. The third-order valence-electron chi connectivity index (χ3n) is 30.6. The number of benzene rings is 12. The van der Waals surface area contributed by atoms with E-state index >= 15 is 0 Å². The second-order valence-corrected chi connectivity index (χ2v) is 41.3. The zero-order valence-corrected chi connectivity index (χ0v) is 86.2. The summed E-state index contributed by atoms with van der Waals surface area (Å²) in [6, 6.07) is 98.4. The fourth-order valence-corrected chi connectivity index (χ4v) is 20.9. The molecule has 0 atom stereocenters. The van der Waals surface area contributed by atoms with Gasteiger partial charge in [0.1, 0.15) is 0 Å². The second-order valence-electron chi connectivity index (χ2n) is 41.3. The van der Waals surface area contributed by atoms with E-state index in [4.69, 9.17) is 86.7 Å². The molecule has 22 rings (SSSR count). The Kier molecular flexibility index (Phi) is 32.8. The molecule has 0 N–H and O–H groups in total. The van der Waals surface area contributed by atoms with Gasteiger partial charge >= 0.3 is 0 Å². The largest absolute Gasteiger partial charge is 0.381 e. The highest BCUT2D eigenvalue weighted by molar-refractivity contribution is 6.21. The van der Waals surface area contributed by atoms with Crippen LogP contribution in [-0.2, 0) is 83.3 Å². The Bertz CT molecular complexity index is 7320. The van der Waals surface area contributed by atoms with E-state index in [1.165, 1.54) is 5.39 Å². The number of aromatic nitrogens is 10. The van der Waals surface area contributed by atoms with Crippen molar-refractivity contribution in [3.63, 3.8) is 0 Å². The Hall–Kier alpha value is -12.6. The van der Waals surface area contributed by atoms with Gasteiger partial charge in [0.05, 0.1) is 150 Å². The molecule has 0 radical (unpaired) electrons. The minimum atomic E-state index is 0.227. The first-order valence-electron chi connectivity index (χ1n) is 53.9. The number of ether oxygens (including phenoxy) is 12. The molecular weight excluding hydrogens is 1850 g/mol.